The van der Waals surface area contributed by atoms with Crippen molar-refractivity contribution < 1.29 is 0 Å². The van der Waals surface area contributed by atoms with Gasteiger partial charge < -0.3 is 0 Å². The zero-order chi connectivity index (χ0) is 7.94. The zero-order valence-electron chi connectivity index (χ0n) is 6.66. The third kappa shape index (κ3) is 3.41. The summed E-state index contributed by atoms with van der Waals surface area (Å²) in [7, 11) is 0. The van der Waals surface area contributed by atoms with Gasteiger partial charge in [0.25, 0.3) is 0 Å². The fourth-order valence-electron chi connectivity index (χ4n) is 0.787. The van der Waals surface area contributed by atoms with Gasteiger partial charge >= 0.3 is 74.1 Å². The van der Waals surface area contributed by atoms with E-state index in [1.807, 2.05) is 6.07 Å². The summed E-state index contributed by atoms with van der Waals surface area (Å²) in [6.45, 7) is 2.22. The first-order chi connectivity index (χ1) is 5.43. The molecule has 0 saturated heterocycles. The Morgan fingerprint density at radius 1 is 1.27 bits per heavy atom. The average Bonchev–Trinajstić information content (AvgIpc) is 2.07. The molecule has 0 aliphatic heterocycles. The Labute approximate surface area is 74.5 Å². The molecule has 0 spiro atoms. The van der Waals surface area contributed by atoms with Gasteiger partial charge in [-0.2, -0.15) is 0 Å². The first-order valence-electron chi connectivity index (χ1n) is 3.76. The molecular weight excluding hydrogens is 199 g/mol. The van der Waals surface area contributed by atoms with Crippen LogP contribution in [0.1, 0.15) is 12.5 Å². The third-order valence-corrected chi connectivity index (χ3v) is 2.71. The fraction of sp³-hybridized carbons (Fsp3) is 0.200. The Hall–Kier alpha value is -0.521. The maximum atomic E-state index is 2.28. The van der Waals surface area contributed by atoms with Crippen molar-refractivity contribution in [2.24, 2.45) is 0 Å². The van der Waals surface area contributed by atoms with Gasteiger partial charge in [-0.05, 0) is 0 Å². The van der Waals surface area contributed by atoms with E-state index in [2.05, 4.69) is 42.2 Å². The topological polar surface area (TPSA) is 0 Å². The summed E-state index contributed by atoms with van der Waals surface area (Å²) in [5, 5.41) is 1.29. The van der Waals surface area contributed by atoms with Gasteiger partial charge in [0.05, 0.1) is 0 Å². The van der Waals surface area contributed by atoms with Crippen LogP contribution < -0.4 is 0 Å². The molecule has 0 aliphatic carbocycles. The van der Waals surface area contributed by atoms with Crippen LogP contribution in [0.2, 0.25) is 5.32 Å². The predicted octanol–water partition coefficient (Wildman–Crippen LogP) is 2.80. The summed E-state index contributed by atoms with van der Waals surface area (Å²) in [6.07, 6.45) is 2.20. The Morgan fingerprint density at radius 2 is 2.00 bits per heavy atom. The molecule has 0 N–H and O–H groups in total. The summed E-state index contributed by atoms with van der Waals surface area (Å²) < 4.78 is 0. The van der Waals surface area contributed by atoms with Crippen LogP contribution in [0.15, 0.2) is 35.3 Å². The van der Waals surface area contributed by atoms with Crippen molar-refractivity contribution in [2.45, 2.75) is 12.2 Å². The van der Waals surface area contributed by atoms with Crippen LogP contribution in [0.25, 0.3) is 6.08 Å². The van der Waals surface area contributed by atoms with Gasteiger partial charge in [-0.3, -0.25) is 0 Å². The molecule has 0 amide bonds. The molecule has 0 bridgehead atoms. The molecular formula is C10H12Se. The number of benzene rings is 1. The van der Waals surface area contributed by atoms with E-state index in [1.54, 1.807) is 0 Å². The van der Waals surface area contributed by atoms with Crippen molar-refractivity contribution in [1.29, 1.82) is 0 Å². The van der Waals surface area contributed by atoms with Crippen molar-refractivity contribution in [1.82, 2.24) is 0 Å². The van der Waals surface area contributed by atoms with Crippen LogP contribution in [0, 0.1) is 0 Å². The minimum atomic E-state index is 0.690. The van der Waals surface area contributed by atoms with Crippen LogP contribution in [0.3, 0.4) is 0 Å². The molecule has 0 aromatic heterocycles. The predicted molar refractivity (Wildman–Crippen MR) is 51.7 cm³/mol. The minimum absolute atomic E-state index is 0.690. The molecule has 1 aromatic rings. The quantitative estimate of drug-likeness (QED) is 0.674. The summed E-state index contributed by atoms with van der Waals surface area (Å²) >= 11 is 0.690. The second-order valence-electron chi connectivity index (χ2n) is 2.17. The molecule has 11 heavy (non-hydrogen) atoms. The van der Waals surface area contributed by atoms with E-state index in [1.165, 1.54) is 10.9 Å². The van der Waals surface area contributed by atoms with Crippen molar-refractivity contribution >= 4 is 21.0 Å². The molecule has 58 valence electrons. The summed E-state index contributed by atoms with van der Waals surface area (Å²) in [5.74, 6) is 0. The molecule has 1 rings (SSSR count). The second-order valence-corrected chi connectivity index (χ2v) is 4.65. The monoisotopic (exact) mass is 212 g/mol. The number of rotatable bonds is 3. The zero-order valence-corrected chi connectivity index (χ0v) is 8.37. The summed E-state index contributed by atoms with van der Waals surface area (Å²) in [6, 6.07) is 10.4. The Kier molecular flexibility index (Phi) is 4.03. The molecule has 0 saturated carbocycles. The van der Waals surface area contributed by atoms with E-state index in [0.29, 0.717) is 15.0 Å². The normalized spacial score (nSPS) is 10.6. The molecule has 0 nitrogen and oxygen atoms in total. The van der Waals surface area contributed by atoms with Crippen molar-refractivity contribution in [3.8, 4) is 0 Å². The van der Waals surface area contributed by atoms with E-state index in [-0.39, 0.29) is 0 Å². The van der Waals surface area contributed by atoms with Gasteiger partial charge in [0.15, 0.2) is 0 Å². The van der Waals surface area contributed by atoms with Crippen molar-refractivity contribution in [3.63, 3.8) is 0 Å². The van der Waals surface area contributed by atoms with Gasteiger partial charge in [-0.15, -0.1) is 0 Å². The molecule has 1 aromatic carbocycles. The molecule has 0 heterocycles. The standard InChI is InChI=1S/C10H12Se/c1-2-11-9-8-10-6-4-3-5-7-10/h3-9H,2H2,1H3/b9-8-. The number of hydrogen-bond donors (Lipinski definition) is 0. The molecule has 1 heteroatoms. The molecule has 0 radical (unpaired) electrons. The molecule has 0 fully saturated rings. The van der Waals surface area contributed by atoms with Gasteiger partial charge in [-0.25, -0.2) is 0 Å². The number of hydrogen-bond acceptors (Lipinski definition) is 0. The first-order valence-corrected chi connectivity index (χ1v) is 5.96. The maximum absolute atomic E-state index is 2.28. The Bertz CT molecular complexity index is 214. The van der Waals surface area contributed by atoms with Crippen LogP contribution in [-0.4, -0.2) is 15.0 Å². The average molecular weight is 211 g/mol. The Morgan fingerprint density at radius 3 is 2.64 bits per heavy atom. The Balaban J connectivity index is 2.50. The van der Waals surface area contributed by atoms with Crippen molar-refractivity contribution in [2.75, 3.05) is 0 Å². The van der Waals surface area contributed by atoms with Crippen molar-refractivity contribution in [3.05, 3.63) is 40.9 Å². The van der Waals surface area contributed by atoms with E-state index in [4.69, 9.17) is 0 Å². The second kappa shape index (κ2) is 5.17. The third-order valence-electron chi connectivity index (χ3n) is 1.32. The van der Waals surface area contributed by atoms with Crippen LogP contribution in [-0.2, 0) is 0 Å². The van der Waals surface area contributed by atoms with Gasteiger partial charge in [0.1, 0.15) is 0 Å². The molecule has 0 unspecified atom stereocenters. The molecule has 0 aliphatic rings. The van der Waals surface area contributed by atoms with E-state index in [0.717, 1.165) is 0 Å². The van der Waals surface area contributed by atoms with E-state index >= 15 is 0 Å². The fourth-order valence-corrected chi connectivity index (χ4v) is 1.72. The van der Waals surface area contributed by atoms with E-state index < -0.39 is 0 Å². The van der Waals surface area contributed by atoms with Gasteiger partial charge in [0, 0.05) is 0 Å². The van der Waals surface area contributed by atoms with Crippen LogP contribution in [0.4, 0.5) is 0 Å². The summed E-state index contributed by atoms with van der Waals surface area (Å²) in [5.41, 5.74) is 1.31. The first kappa shape index (κ1) is 8.57. The van der Waals surface area contributed by atoms with Crippen LogP contribution in [0.5, 0.6) is 0 Å². The van der Waals surface area contributed by atoms with Gasteiger partial charge in [-0.1, -0.05) is 0 Å². The van der Waals surface area contributed by atoms with Crippen LogP contribution >= 0.6 is 0 Å². The summed E-state index contributed by atoms with van der Waals surface area (Å²) in [4.78, 5) is 2.28. The van der Waals surface area contributed by atoms with E-state index in [9.17, 15) is 0 Å². The SMILES string of the molecule is CC[Se]/C=C\c1ccccc1. The molecule has 0 atom stereocenters. The van der Waals surface area contributed by atoms with Gasteiger partial charge in [0.2, 0.25) is 0 Å².